The second-order valence-electron chi connectivity index (χ2n) is 3.26. The fraction of sp³-hybridized carbons (Fsp3) is 0.273. The highest BCUT2D eigenvalue weighted by atomic mass is 32.1. The highest BCUT2D eigenvalue weighted by Crippen LogP contribution is 2.12. The summed E-state index contributed by atoms with van der Waals surface area (Å²) in [6, 6.07) is 3.88. The Balaban J connectivity index is 1.89. The fourth-order valence-electron chi connectivity index (χ4n) is 1.28. The van der Waals surface area contributed by atoms with Gasteiger partial charge in [-0.3, -0.25) is 4.98 Å². The Labute approximate surface area is 98.3 Å². The molecule has 84 valence electrons. The first-order valence-corrected chi connectivity index (χ1v) is 5.82. The van der Waals surface area contributed by atoms with Crippen molar-refractivity contribution >= 4 is 17.0 Å². The maximum atomic E-state index is 5.02. The fourth-order valence-corrected chi connectivity index (χ4v) is 2.04. The van der Waals surface area contributed by atoms with E-state index in [9.17, 15) is 0 Å². The van der Waals surface area contributed by atoms with Crippen LogP contribution in [0.4, 0.5) is 5.69 Å². The van der Waals surface area contributed by atoms with Crippen LogP contribution < -0.4 is 5.32 Å². The van der Waals surface area contributed by atoms with E-state index in [1.165, 1.54) is 0 Å². The highest BCUT2D eigenvalue weighted by molar-refractivity contribution is 7.09. The third-order valence-electron chi connectivity index (χ3n) is 2.00. The van der Waals surface area contributed by atoms with Crippen molar-refractivity contribution in [3.05, 3.63) is 40.6 Å². The lowest BCUT2D eigenvalue weighted by Gasteiger charge is -2.02. The maximum absolute atomic E-state index is 5.02. The summed E-state index contributed by atoms with van der Waals surface area (Å²) in [7, 11) is 1.68. The quantitative estimate of drug-likeness (QED) is 0.863. The van der Waals surface area contributed by atoms with Crippen molar-refractivity contribution < 1.29 is 4.74 Å². The standard InChI is InChI=1S/C11H13N3OS/c1-15-7-11-14-10(8-16-11)6-13-9-3-2-4-12-5-9/h2-5,8,13H,6-7H2,1H3. The summed E-state index contributed by atoms with van der Waals surface area (Å²) >= 11 is 1.62. The van der Waals surface area contributed by atoms with Gasteiger partial charge in [-0.05, 0) is 12.1 Å². The molecule has 0 atom stereocenters. The molecule has 0 aliphatic rings. The first kappa shape index (κ1) is 11.0. The Morgan fingerprint density at radius 3 is 3.19 bits per heavy atom. The van der Waals surface area contributed by atoms with Gasteiger partial charge < -0.3 is 10.1 Å². The van der Waals surface area contributed by atoms with Gasteiger partial charge in [0, 0.05) is 24.9 Å². The number of thiazole rings is 1. The predicted octanol–water partition coefficient (Wildman–Crippen LogP) is 2.30. The second-order valence-corrected chi connectivity index (χ2v) is 4.20. The van der Waals surface area contributed by atoms with Crippen LogP contribution in [0.5, 0.6) is 0 Å². The number of methoxy groups -OCH3 is 1. The summed E-state index contributed by atoms with van der Waals surface area (Å²) < 4.78 is 5.02. The third-order valence-corrected chi connectivity index (χ3v) is 2.87. The van der Waals surface area contributed by atoms with Crippen LogP contribution in [0.3, 0.4) is 0 Å². The van der Waals surface area contributed by atoms with Crippen LogP contribution in [-0.4, -0.2) is 17.1 Å². The van der Waals surface area contributed by atoms with E-state index in [1.807, 2.05) is 17.5 Å². The zero-order valence-electron chi connectivity index (χ0n) is 9.01. The molecule has 0 saturated heterocycles. The van der Waals surface area contributed by atoms with Gasteiger partial charge in [0.15, 0.2) is 0 Å². The molecule has 0 unspecified atom stereocenters. The Hall–Kier alpha value is -1.46. The summed E-state index contributed by atoms with van der Waals surface area (Å²) in [5.41, 5.74) is 2.03. The number of pyridine rings is 1. The highest BCUT2D eigenvalue weighted by Gasteiger charge is 2.01. The van der Waals surface area contributed by atoms with Crippen LogP contribution in [0.25, 0.3) is 0 Å². The molecular weight excluding hydrogens is 222 g/mol. The summed E-state index contributed by atoms with van der Waals surface area (Å²) in [5, 5.41) is 6.30. The van der Waals surface area contributed by atoms with Gasteiger partial charge >= 0.3 is 0 Å². The van der Waals surface area contributed by atoms with E-state index in [0.717, 1.165) is 16.4 Å². The van der Waals surface area contributed by atoms with E-state index >= 15 is 0 Å². The molecule has 0 spiro atoms. The molecule has 16 heavy (non-hydrogen) atoms. The van der Waals surface area contributed by atoms with Crippen molar-refractivity contribution in [3.8, 4) is 0 Å². The maximum Gasteiger partial charge on any atom is 0.119 e. The minimum atomic E-state index is 0.581. The molecule has 2 aromatic heterocycles. The Morgan fingerprint density at radius 1 is 1.50 bits per heavy atom. The average molecular weight is 235 g/mol. The zero-order chi connectivity index (χ0) is 11.2. The van der Waals surface area contributed by atoms with Gasteiger partial charge in [0.1, 0.15) is 5.01 Å². The van der Waals surface area contributed by atoms with Crippen molar-refractivity contribution in [3.63, 3.8) is 0 Å². The number of nitrogens with one attached hydrogen (secondary N) is 1. The largest absolute Gasteiger partial charge is 0.378 e. The minimum Gasteiger partial charge on any atom is -0.378 e. The minimum absolute atomic E-state index is 0.581. The number of nitrogens with zero attached hydrogens (tertiary/aromatic N) is 2. The molecule has 0 aliphatic heterocycles. The van der Waals surface area contributed by atoms with Gasteiger partial charge in [-0.15, -0.1) is 11.3 Å². The number of aromatic nitrogens is 2. The van der Waals surface area contributed by atoms with Crippen LogP contribution in [0.15, 0.2) is 29.9 Å². The zero-order valence-corrected chi connectivity index (χ0v) is 9.83. The smallest absolute Gasteiger partial charge is 0.119 e. The number of anilines is 1. The Morgan fingerprint density at radius 2 is 2.44 bits per heavy atom. The van der Waals surface area contributed by atoms with Crippen LogP contribution in [-0.2, 0) is 17.9 Å². The van der Waals surface area contributed by atoms with E-state index in [-0.39, 0.29) is 0 Å². The lowest BCUT2D eigenvalue weighted by Crippen LogP contribution is -2.00. The van der Waals surface area contributed by atoms with Crippen LogP contribution in [0.1, 0.15) is 10.7 Å². The van der Waals surface area contributed by atoms with Crippen LogP contribution >= 0.6 is 11.3 Å². The topological polar surface area (TPSA) is 47.0 Å². The second kappa shape index (κ2) is 5.58. The van der Waals surface area contributed by atoms with E-state index in [4.69, 9.17) is 4.74 Å². The van der Waals surface area contributed by atoms with E-state index < -0.39 is 0 Å². The van der Waals surface area contributed by atoms with Gasteiger partial charge in [0.2, 0.25) is 0 Å². The summed E-state index contributed by atoms with van der Waals surface area (Å²) in [6.07, 6.45) is 3.55. The number of hydrogen-bond acceptors (Lipinski definition) is 5. The lowest BCUT2D eigenvalue weighted by molar-refractivity contribution is 0.184. The molecular formula is C11H13N3OS. The van der Waals surface area contributed by atoms with Crippen molar-refractivity contribution in [2.75, 3.05) is 12.4 Å². The SMILES string of the molecule is COCc1nc(CNc2cccnc2)cs1. The molecule has 0 radical (unpaired) electrons. The van der Waals surface area contributed by atoms with Crippen molar-refractivity contribution in [2.24, 2.45) is 0 Å². The molecule has 5 heteroatoms. The average Bonchev–Trinajstić information content (AvgIpc) is 2.76. The number of ether oxygens (including phenoxy) is 1. The molecule has 2 heterocycles. The van der Waals surface area contributed by atoms with Gasteiger partial charge in [-0.2, -0.15) is 0 Å². The van der Waals surface area contributed by atoms with E-state index in [1.54, 1.807) is 30.8 Å². The Bertz CT molecular complexity index is 430. The van der Waals surface area contributed by atoms with Gasteiger partial charge in [-0.25, -0.2) is 4.98 Å². The molecule has 0 aromatic carbocycles. The molecule has 4 nitrogen and oxygen atoms in total. The first-order chi connectivity index (χ1) is 7.88. The summed E-state index contributed by atoms with van der Waals surface area (Å²) in [4.78, 5) is 8.46. The van der Waals surface area contributed by atoms with Crippen molar-refractivity contribution in [1.82, 2.24) is 9.97 Å². The normalized spacial score (nSPS) is 10.3. The van der Waals surface area contributed by atoms with Crippen molar-refractivity contribution in [1.29, 1.82) is 0 Å². The first-order valence-electron chi connectivity index (χ1n) is 4.94. The molecule has 2 aromatic rings. The molecule has 0 bridgehead atoms. The predicted molar refractivity (Wildman–Crippen MR) is 64.4 cm³/mol. The lowest BCUT2D eigenvalue weighted by atomic mass is 10.4. The molecule has 0 saturated carbocycles. The molecule has 0 fully saturated rings. The third kappa shape index (κ3) is 3.01. The van der Waals surface area contributed by atoms with Gasteiger partial charge in [0.05, 0.1) is 24.5 Å². The summed E-state index contributed by atoms with van der Waals surface area (Å²) in [5.74, 6) is 0. The van der Waals surface area contributed by atoms with Crippen LogP contribution in [0, 0.1) is 0 Å². The Kier molecular flexibility index (Phi) is 3.85. The summed E-state index contributed by atoms with van der Waals surface area (Å²) in [6.45, 7) is 1.30. The van der Waals surface area contributed by atoms with Crippen molar-refractivity contribution in [2.45, 2.75) is 13.2 Å². The molecule has 0 amide bonds. The van der Waals surface area contributed by atoms with E-state index in [0.29, 0.717) is 13.2 Å². The van der Waals surface area contributed by atoms with Gasteiger partial charge in [0.25, 0.3) is 0 Å². The van der Waals surface area contributed by atoms with Crippen LogP contribution in [0.2, 0.25) is 0 Å². The van der Waals surface area contributed by atoms with E-state index in [2.05, 4.69) is 15.3 Å². The number of rotatable bonds is 5. The number of hydrogen-bond donors (Lipinski definition) is 1. The molecule has 0 aliphatic carbocycles. The monoisotopic (exact) mass is 235 g/mol. The molecule has 2 rings (SSSR count). The molecule has 1 N–H and O–H groups in total. The van der Waals surface area contributed by atoms with Gasteiger partial charge in [-0.1, -0.05) is 0 Å².